The molecule has 0 radical (unpaired) electrons. The maximum absolute atomic E-state index is 11.7. The maximum Gasteiger partial charge on any atom is 0.348 e. The van der Waals surface area contributed by atoms with E-state index in [4.69, 9.17) is 19.5 Å². The van der Waals surface area contributed by atoms with E-state index in [-0.39, 0.29) is 12.2 Å². The second-order valence-corrected chi connectivity index (χ2v) is 5.47. The fraction of sp³-hybridized carbons (Fsp3) is 0.238. The second-order valence-electron chi connectivity index (χ2n) is 5.47. The van der Waals surface area contributed by atoms with Gasteiger partial charge < -0.3 is 14.2 Å². The van der Waals surface area contributed by atoms with Crippen LogP contribution >= 0.6 is 0 Å². The van der Waals surface area contributed by atoms with Gasteiger partial charge in [-0.15, -0.1) is 0 Å². The summed E-state index contributed by atoms with van der Waals surface area (Å²) in [4.78, 5) is 11.7. The Hall–Kier alpha value is -3.26. The van der Waals surface area contributed by atoms with Crippen molar-refractivity contribution in [1.29, 1.82) is 5.26 Å². The lowest BCUT2D eigenvalue weighted by Crippen LogP contribution is -2.09. The minimum absolute atomic E-state index is 0.0493. The van der Waals surface area contributed by atoms with Crippen molar-refractivity contribution in [3.8, 4) is 17.6 Å². The highest BCUT2D eigenvalue weighted by Gasteiger charge is 2.09. The molecule has 0 aromatic heterocycles. The van der Waals surface area contributed by atoms with Crippen LogP contribution in [0.4, 0.5) is 0 Å². The summed E-state index contributed by atoms with van der Waals surface area (Å²) < 4.78 is 16.1. The summed E-state index contributed by atoms with van der Waals surface area (Å²) in [7, 11) is 0. The van der Waals surface area contributed by atoms with E-state index in [1.807, 2.05) is 37.3 Å². The fourth-order valence-corrected chi connectivity index (χ4v) is 2.16. The third-order valence-electron chi connectivity index (χ3n) is 3.43. The van der Waals surface area contributed by atoms with Gasteiger partial charge in [0, 0.05) is 0 Å². The van der Waals surface area contributed by atoms with Crippen LogP contribution in [-0.2, 0) is 9.53 Å². The number of carbonyl (C=O) groups is 1. The smallest absolute Gasteiger partial charge is 0.348 e. The molecule has 0 aliphatic carbocycles. The van der Waals surface area contributed by atoms with E-state index < -0.39 is 5.97 Å². The van der Waals surface area contributed by atoms with Crippen LogP contribution in [0.15, 0.2) is 54.1 Å². The van der Waals surface area contributed by atoms with Gasteiger partial charge in [0.15, 0.2) is 0 Å². The SMILES string of the molecule is CCOC(=O)C(C#N)=Cc1cccc(OCCOc2ccc(C)cc2)c1. The van der Waals surface area contributed by atoms with Gasteiger partial charge in [-0.25, -0.2) is 4.79 Å². The number of aryl methyl sites for hydroxylation is 1. The summed E-state index contributed by atoms with van der Waals surface area (Å²) in [6.07, 6.45) is 1.48. The highest BCUT2D eigenvalue weighted by molar-refractivity contribution is 5.97. The Bertz CT molecular complexity index is 804. The van der Waals surface area contributed by atoms with Gasteiger partial charge in [-0.2, -0.15) is 5.26 Å². The van der Waals surface area contributed by atoms with Gasteiger partial charge in [0.1, 0.15) is 36.4 Å². The van der Waals surface area contributed by atoms with E-state index in [1.54, 1.807) is 31.2 Å². The van der Waals surface area contributed by atoms with Crippen LogP contribution in [0.1, 0.15) is 18.1 Å². The summed E-state index contributed by atoms with van der Waals surface area (Å²) in [5.41, 5.74) is 1.82. The third-order valence-corrected chi connectivity index (χ3v) is 3.43. The zero-order valence-electron chi connectivity index (χ0n) is 14.9. The molecule has 0 heterocycles. The van der Waals surface area contributed by atoms with E-state index in [2.05, 4.69) is 0 Å². The largest absolute Gasteiger partial charge is 0.490 e. The molecular formula is C21H21NO4. The molecular weight excluding hydrogens is 330 g/mol. The monoisotopic (exact) mass is 351 g/mol. The Labute approximate surface area is 153 Å². The Morgan fingerprint density at radius 1 is 1.08 bits per heavy atom. The first-order chi connectivity index (χ1) is 12.6. The number of esters is 1. The van der Waals surface area contributed by atoms with Crippen molar-refractivity contribution in [3.63, 3.8) is 0 Å². The number of rotatable bonds is 8. The van der Waals surface area contributed by atoms with Crippen LogP contribution in [0, 0.1) is 18.3 Å². The van der Waals surface area contributed by atoms with Gasteiger partial charge in [-0.05, 0) is 49.8 Å². The van der Waals surface area contributed by atoms with Crippen LogP contribution < -0.4 is 9.47 Å². The van der Waals surface area contributed by atoms with Crippen LogP contribution in [0.5, 0.6) is 11.5 Å². The molecule has 5 heteroatoms. The molecule has 0 aliphatic rings. The number of carbonyl (C=O) groups excluding carboxylic acids is 1. The average Bonchev–Trinajstić information content (AvgIpc) is 2.65. The predicted octanol–water partition coefficient (Wildman–Crippen LogP) is 3.92. The Morgan fingerprint density at radius 2 is 1.77 bits per heavy atom. The van der Waals surface area contributed by atoms with E-state index in [9.17, 15) is 4.79 Å². The number of hydrogen-bond acceptors (Lipinski definition) is 5. The van der Waals surface area contributed by atoms with Gasteiger partial charge in [-0.3, -0.25) is 0 Å². The fourth-order valence-electron chi connectivity index (χ4n) is 2.16. The van der Waals surface area contributed by atoms with Crippen LogP contribution in [0.25, 0.3) is 6.08 Å². The first-order valence-electron chi connectivity index (χ1n) is 8.33. The molecule has 0 atom stereocenters. The van der Waals surface area contributed by atoms with Crippen LogP contribution in [0.2, 0.25) is 0 Å². The van der Waals surface area contributed by atoms with Crippen molar-refractivity contribution in [1.82, 2.24) is 0 Å². The molecule has 134 valence electrons. The average molecular weight is 351 g/mol. The van der Waals surface area contributed by atoms with E-state index in [0.29, 0.717) is 24.5 Å². The minimum atomic E-state index is -0.632. The first kappa shape index (κ1) is 19.1. The quantitative estimate of drug-likeness (QED) is 0.312. The summed E-state index contributed by atoms with van der Waals surface area (Å²) >= 11 is 0. The molecule has 0 amide bonds. The minimum Gasteiger partial charge on any atom is -0.490 e. The zero-order valence-corrected chi connectivity index (χ0v) is 14.9. The van der Waals surface area contributed by atoms with E-state index >= 15 is 0 Å². The molecule has 0 unspecified atom stereocenters. The van der Waals surface area contributed by atoms with Gasteiger partial charge in [-0.1, -0.05) is 29.8 Å². The van der Waals surface area contributed by atoms with Crippen molar-refractivity contribution < 1.29 is 19.0 Å². The molecule has 0 saturated carbocycles. The summed E-state index contributed by atoms with van der Waals surface area (Å²) in [5.74, 6) is 0.796. The molecule has 2 rings (SSSR count). The number of benzene rings is 2. The summed E-state index contributed by atoms with van der Waals surface area (Å²) in [6.45, 7) is 4.73. The molecule has 2 aromatic rings. The predicted molar refractivity (Wildman–Crippen MR) is 98.8 cm³/mol. The first-order valence-corrected chi connectivity index (χ1v) is 8.33. The van der Waals surface area contributed by atoms with Crippen molar-refractivity contribution in [2.45, 2.75) is 13.8 Å². The number of nitrogens with zero attached hydrogens (tertiary/aromatic N) is 1. The van der Waals surface area contributed by atoms with Crippen LogP contribution in [0.3, 0.4) is 0 Å². The van der Waals surface area contributed by atoms with Gasteiger partial charge >= 0.3 is 5.97 Å². The van der Waals surface area contributed by atoms with Gasteiger partial charge in [0.05, 0.1) is 6.61 Å². The van der Waals surface area contributed by atoms with Crippen molar-refractivity contribution in [3.05, 3.63) is 65.2 Å². The van der Waals surface area contributed by atoms with E-state index in [1.165, 1.54) is 11.6 Å². The molecule has 26 heavy (non-hydrogen) atoms. The molecule has 0 spiro atoms. The summed E-state index contributed by atoms with van der Waals surface area (Å²) in [6, 6.07) is 16.8. The molecule has 0 aliphatic heterocycles. The Kier molecular flexibility index (Phi) is 7.26. The number of nitriles is 1. The highest BCUT2D eigenvalue weighted by Crippen LogP contribution is 2.17. The Balaban J connectivity index is 1.91. The lowest BCUT2D eigenvalue weighted by atomic mass is 10.1. The summed E-state index contributed by atoms with van der Waals surface area (Å²) in [5, 5.41) is 9.09. The van der Waals surface area contributed by atoms with Gasteiger partial charge in [0.2, 0.25) is 0 Å². The third kappa shape index (κ3) is 5.99. The highest BCUT2D eigenvalue weighted by atomic mass is 16.5. The standard InChI is InChI=1S/C21H21NO4/c1-3-24-21(23)18(15-22)13-17-5-4-6-20(14-17)26-12-11-25-19-9-7-16(2)8-10-19/h4-10,13-14H,3,11-12H2,1-2H3. The van der Waals surface area contributed by atoms with Crippen molar-refractivity contribution in [2.24, 2.45) is 0 Å². The lowest BCUT2D eigenvalue weighted by Gasteiger charge is -2.09. The molecule has 0 bridgehead atoms. The second kappa shape index (κ2) is 9.90. The van der Waals surface area contributed by atoms with Gasteiger partial charge in [0.25, 0.3) is 0 Å². The number of hydrogen-bond donors (Lipinski definition) is 0. The van der Waals surface area contributed by atoms with Crippen LogP contribution in [-0.4, -0.2) is 25.8 Å². The van der Waals surface area contributed by atoms with E-state index in [0.717, 1.165) is 5.75 Å². The molecule has 2 aromatic carbocycles. The normalized spacial score (nSPS) is 10.7. The molecule has 0 N–H and O–H groups in total. The zero-order chi connectivity index (χ0) is 18.8. The van der Waals surface area contributed by atoms with Crippen molar-refractivity contribution >= 4 is 12.0 Å². The van der Waals surface area contributed by atoms with Crippen molar-refractivity contribution in [2.75, 3.05) is 19.8 Å². The number of ether oxygens (including phenoxy) is 3. The topological polar surface area (TPSA) is 68.6 Å². The molecule has 0 fully saturated rings. The maximum atomic E-state index is 11.7. The lowest BCUT2D eigenvalue weighted by molar-refractivity contribution is -0.137. The Morgan fingerprint density at radius 3 is 2.42 bits per heavy atom. The molecule has 0 saturated heterocycles. The molecule has 5 nitrogen and oxygen atoms in total.